The van der Waals surface area contributed by atoms with E-state index in [-0.39, 0.29) is 0 Å². The number of aromatic nitrogens is 2. The summed E-state index contributed by atoms with van der Waals surface area (Å²) < 4.78 is 1.16. The van der Waals surface area contributed by atoms with Crippen molar-refractivity contribution in [2.45, 2.75) is 13.1 Å². The molecule has 78 valence electrons. The first kappa shape index (κ1) is 10.7. The number of hydrogen-bond acceptors (Lipinski definition) is 4. The number of rotatable bonds is 4. The average molecular weight is 284 g/mol. The maximum atomic E-state index is 4.14. The molecule has 0 saturated carbocycles. The number of nitrogens with one attached hydrogen (secondary N) is 1. The van der Waals surface area contributed by atoms with Crippen LogP contribution >= 0.6 is 27.3 Å². The van der Waals surface area contributed by atoms with Gasteiger partial charge in [-0.2, -0.15) is 0 Å². The van der Waals surface area contributed by atoms with Crippen LogP contribution in [0.5, 0.6) is 0 Å². The first-order valence-electron chi connectivity index (χ1n) is 4.55. The minimum atomic E-state index is 0.700. The second kappa shape index (κ2) is 5.34. The fourth-order valence-corrected chi connectivity index (χ4v) is 2.62. The third-order valence-corrected chi connectivity index (χ3v) is 3.81. The van der Waals surface area contributed by atoms with Crippen molar-refractivity contribution >= 4 is 27.3 Å². The van der Waals surface area contributed by atoms with Gasteiger partial charge < -0.3 is 5.32 Å². The quantitative estimate of drug-likeness (QED) is 0.937. The van der Waals surface area contributed by atoms with Gasteiger partial charge in [-0.1, -0.05) is 0 Å². The monoisotopic (exact) mass is 283 g/mol. The van der Waals surface area contributed by atoms with E-state index < -0.39 is 0 Å². The van der Waals surface area contributed by atoms with E-state index in [0.29, 0.717) is 6.54 Å². The second-order valence-corrected chi connectivity index (χ2v) is 4.82. The summed E-state index contributed by atoms with van der Waals surface area (Å²) in [7, 11) is 0. The molecule has 0 spiro atoms. The Morgan fingerprint density at radius 1 is 1.27 bits per heavy atom. The van der Waals surface area contributed by atoms with E-state index in [9.17, 15) is 0 Å². The highest BCUT2D eigenvalue weighted by Gasteiger charge is 2.00. The summed E-state index contributed by atoms with van der Waals surface area (Å²) >= 11 is 5.23. The highest BCUT2D eigenvalue weighted by Crippen LogP contribution is 2.22. The lowest BCUT2D eigenvalue weighted by Crippen LogP contribution is -2.14. The van der Waals surface area contributed by atoms with Crippen LogP contribution in [0.2, 0.25) is 0 Å². The largest absolute Gasteiger partial charge is 0.305 e. The second-order valence-electron chi connectivity index (χ2n) is 2.96. The lowest BCUT2D eigenvalue weighted by Gasteiger charge is -2.01. The molecule has 3 nitrogen and oxygen atoms in total. The molecule has 2 aromatic heterocycles. The van der Waals surface area contributed by atoms with Crippen LogP contribution in [0.15, 0.2) is 34.4 Å². The molecular formula is C10H10BrN3S. The fourth-order valence-electron chi connectivity index (χ4n) is 1.16. The van der Waals surface area contributed by atoms with Gasteiger partial charge in [-0.25, -0.2) is 9.97 Å². The van der Waals surface area contributed by atoms with Crippen LogP contribution in [0.4, 0.5) is 0 Å². The summed E-state index contributed by atoms with van der Waals surface area (Å²) in [6.07, 6.45) is 3.51. The molecule has 0 saturated heterocycles. The van der Waals surface area contributed by atoms with Gasteiger partial charge in [0, 0.05) is 28.3 Å². The molecule has 2 rings (SSSR count). The minimum absolute atomic E-state index is 0.700. The SMILES string of the molecule is Brc1ccsc1CNCc1ncccn1. The van der Waals surface area contributed by atoms with E-state index in [4.69, 9.17) is 0 Å². The van der Waals surface area contributed by atoms with E-state index in [1.54, 1.807) is 23.7 Å². The van der Waals surface area contributed by atoms with Gasteiger partial charge in [-0.3, -0.25) is 0 Å². The first-order valence-corrected chi connectivity index (χ1v) is 6.22. The van der Waals surface area contributed by atoms with Gasteiger partial charge in [-0.05, 0) is 33.4 Å². The lowest BCUT2D eigenvalue weighted by atomic mass is 10.4. The molecule has 0 unspecified atom stereocenters. The van der Waals surface area contributed by atoms with E-state index in [1.807, 2.05) is 6.07 Å². The number of hydrogen-bond donors (Lipinski definition) is 1. The van der Waals surface area contributed by atoms with Crippen molar-refractivity contribution in [2.24, 2.45) is 0 Å². The predicted octanol–water partition coefficient (Wildman–Crippen LogP) is 2.59. The Kier molecular flexibility index (Phi) is 3.82. The third kappa shape index (κ3) is 3.09. The molecule has 0 fully saturated rings. The number of halogens is 1. The number of nitrogens with zero attached hydrogens (tertiary/aromatic N) is 2. The highest BCUT2D eigenvalue weighted by molar-refractivity contribution is 9.10. The van der Waals surface area contributed by atoms with Crippen LogP contribution < -0.4 is 5.32 Å². The molecule has 0 radical (unpaired) electrons. The zero-order valence-corrected chi connectivity index (χ0v) is 10.4. The third-order valence-electron chi connectivity index (χ3n) is 1.88. The summed E-state index contributed by atoms with van der Waals surface area (Å²) in [4.78, 5) is 9.57. The van der Waals surface area contributed by atoms with Crippen molar-refractivity contribution in [3.63, 3.8) is 0 Å². The van der Waals surface area contributed by atoms with Gasteiger partial charge in [0.25, 0.3) is 0 Å². The van der Waals surface area contributed by atoms with Crippen molar-refractivity contribution in [2.75, 3.05) is 0 Å². The maximum Gasteiger partial charge on any atom is 0.141 e. The van der Waals surface area contributed by atoms with Gasteiger partial charge in [0.15, 0.2) is 0 Å². The molecule has 0 amide bonds. The Bertz CT molecular complexity index is 416. The molecule has 0 aliphatic heterocycles. The molecule has 2 aromatic rings. The van der Waals surface area contributed by atoms with Crippen molar-refractivity contribution in [1.82, 2.24) is 15.3 Å². The smallest absolute Gasteiger partial charge is 0.141 e. The maximum absolute atomic E-state index is 4.14. The highest BCUT2D eigenvalue weighted by atomic mass is 79.9. The topological polar surface area (TPSA) is 37.8 Å². The van der Waals surface area contributed by atoms with Crippen molar-refractivity contribution in [3.8, 4) is 0 Å². The lowest BCUT2D eigenvalue weighted by molar-refractivity contribution is 0.667. The van der Waals surface area contributed by atoms with Crippen LogP contribution in [0, 0.1) is 0 Å². The minimum Gasteiger partial charge on any atom is -0.305 e. The Morgan fingerprint density at radius 2 is 2.07 bits per heavy atom. The van der Waals surface area contributed by atoms with Crippen LogP contribution in [0.3, 0.4) is 0 Å². The van der Waals surface area contributed by atoms with Gasteiger partial charge in [0.2, 0.25) is 0 Å². The summed E-state index contributed by atoms with van der Waals surface area (Å²) in [5.41, 5.74) is 0. The molecular weight excluding hydrogens is 274 g/mol. The van der Waals surface area contributed by atoms with Crippen LogP contribution in [-0.2, 0) is 13.1 Å². The molecule has 1 N–H and O–H groups in total. The van der Waals surface area contributed by atoms with E-state index in [0.717, 1.165) is 16.8 Å². The van der Waals surface area contributed by atoms with E-state index >= 15 is 0 Å². The summed E-state index contributed by atoms with van der Waals surface area (Å²) in [5, 5.41) is 5.37. The molecule has 15 heavy (non-hydrogen) atoms. The van der Waals surface area contributed by atoms with Crippen molar-refractivity contribution < 1.29 is 0 Å². The Balaban J connectivity index is 1.83. The zero-order valence-electron chi connectivity index (χ0n) is 7.98. The normalized spacial score (nSPS) is 10.5. The molecule has 0 atom stereocenters. The zero-order chi connectivity index (χ0) is 10.5. The fraction of sp³-hybridized carbons (Fsp3) is 0.200. The summed E-state index contributed by atoms with van der Waals surface area (Å²) in [5.74, 6) is 0.824. The molecule has 0 aliphatic rings. The average Bonchev–Trinajstić information content (AvgIpc) is 2.66. The molecule has 0 bridgehead atoms. The number of thiophene rings is 1. The van der Waals surface area contributed by atoms with Crippen LogP contribution in [-0.4, -0.2) is 9.97 Å². The van der Waals surface area contributed by atoms with Gasteiger partial charge in [0.05, 0.1) is 6.54 Å². The molecule has 0 aromatic carbocycles. The van der Waals surface area contributed by atoms with Crippen LogP contribution in [0.25, 0.3) is 0 Å². The predicted molar refractivity (Wildman–Crippen MR) is 64.6 cm³/mol. The first-order chi connectivity index (χ1) is 7.36. The Morgan fingerprint density at radius 3 is 2.73 bits per heavy atom. The Hall–Kier alpha value is -0.780. The van der Waals surface area contributed by atoms with E-state index in [1.165, 1.54) is 4.88 Å². The standard InChI is InChI=1S/C10H10BrN3S/c11-8-2-5-15-9(8)6-12-7-10-13-3-1-4-14-10/h1-5,12H,6-7H2. The Labute approximate surface area is 101 Å². The van der Waals surface area contributed by atoms with Gasteiger partial charge in [0.1, 0.15) is 5.82 Å². The van der Waals surface area contributed by atoms with Crippen LogP contribution in [0.1, 0.15) is 10.7 Å². The van der Waals surface area contributed by atoms with Gasteiger partial charge in [-0.15, -0.1) is 11.3 Å². The molecule has 5 heteroatoms. The van der Waals surface area contributed by atoms with Gasteiger partial charge >= 0.3 is 0 Å². The summed E-state index contributed by atoms with van der Waals surface area (Å²) in [6.45, 7) is 1.54. The van der Waals surface area contributed by atoms with Crippen molar-refractivity contribution in [3.05, 3.63) is 45.1 Å². The van der Waals surface area contributed by atoms with Crippen molar-refractivity contribution in [1.29, 1.82) is 0 Å². The summed E-state index contributed by atoms with van der Waals surface area (Å²) in [6, 6.07) is 3.88. The molecule has 2 heterocycles. The van der Waals surface area contributed by atoms with E-state index in [2.05, 4.69) is 42.7 Å². The molecule has 0 aliphatic carbocycles.